The first-order valence-electron chi connectivity index (χ1n) is 5.00. The summed E-state index contributed by atoms with van der Waals surface area (Å²) < 4.78 is 1.49. The zero-order valence-electron chi connectivity index (χ0n) is 8.97. The van der Waals surface area contributed by atoms with Gasteiger partial charge in [-0.15, -0.1) is 0 Å². The maximum atomic E-state index is 11.6. The predicted octanol–water partition coefficient (Wildman–Crippen LogP) is 0.158. The van der Waals surface area contributed by atoms with E-state index in [1.807, 2.05) is 0 Å². The molecule has 84 valence electrons. The number of nitrogens with zero attached hydrogens (tertiary/aromatic N) is 3. The van der Waals surface area contributed by atoms with Crippen LogP contribution in [0.15, 0.2) is 29.7 Å². The van der Waals surface area contributed by atoms with Gasteiger partial charge in [0.05, 0.1) is 6.33 Å². The second-order valence-corrected chi connectivity index (χ2v) is 3.45. The van der Waals surface area contributed by atoms with Crippen LogP contribution in [0.5, 0.6) is 0 Å². The predicted molar refractivity (Wildman–Crippen MR) is 60.3 cm³/mol. The summed E-state index contributed by atoms with van der Waals surface area (Å²) in [5.41, 5.74) is 0.910. The molecule has 16 heavy (non-hydrogen) atoms. The number of aromatic nitrogens is 4. The highest BCUT2D eigenvalue weighted by Gasteiger charge is 2.01. The van der Waals surface area contributed by atoms with Crippen molar-refractivity contribution in [2.45, 2.75) is 6.42 Å². The summed E-state index contributed by atoms with van der Waals surface area (Å²) in [7, 11) is 1.70. The Morgan fingerprint density at radius 3 is 3.19 bits per heavy atom. The van der Waals surface area contributed by atoms with E-state index in [9.17, 15) is 4.79 Å². The molecule has 2 aromatic rings. The molecule has 0 saturated carbocycles. The molecule has 2 heterocycles. The van der Waals surface area contributed by atoms with Crippen LogP contribution in [0, 0.1) is 0 Å². The van der Waals surface area contributed by atoms with Crippen LogP contribution in [0.1, 0.15) is 5.69 Å². The van der Waals surface area contributed by atoms with Crippen LogP contribution in [0.25, 0.3) is 0 Å². The van der Waals surface area contributed by atoms with Crippen molar-refractivity contribution in [3.63, 3.8) is 0 Å². The zero-order valence-corrected chi connectivity index (χ0v) is 8.97. The molecule has 2 aromatic heterocycles. The van der Waals surface area contributed by atoms with Gasteiger partial charge in [0, 0.05) is 44.3 Å². The molecule has 0 unspecified atom stereocenters. The lowest BCUT2D eigenvalue weighted by Crippen LogP contribution is -2.22. The smallest absolute Gasteiger partial charge is 0.293 e. The first-order valence-corrected chi connectivity index (χ1v) is 5.00. The van der Waals surface area contributed by atoms with Crippen molar-refractivity contribution in [3.05, 3.63) is 41.0 Å². The van der Waals surface area contributed by atoms with E-state index in [0.29, 0.717) is 12.4 Å². The summed E-state index contributed by atoms with van der Waals surface area (Å²) in [6.45, 7) is 0.647. The van der Waals surface area contributed by atoms with E-state index in [4.69, 9.17) is 0 Å². The topological polar surface area (TPSA) is 75.6 Å². The van der Waals surface area contributed by atoms with Crippen molar-refractivity contribution in [2.24, 2.45) is 7.05 Å². The van der Waals surface area contributed by atoms with E-state index < -0.39 is 0 Å². The van der Waals surface area contributed by atoms with Crippen molar-refractivity contribution in [1.29, 1.82) is 0 Å². The molecule has 0 aliphatic carbocycles. The molecule has 6 heteroatoms. The summed E-state index contributed by atoms with van der Waals surface area (Å²) in [5, 5.41) is 3.00. The second kappa shape index (κ2) is 4.61. The average molecular weight is 219 g/mol. The summed E-state index contributed by atoms with van der Waals surface area (Å²) in [6.07, 6.45) is 7.40. The Morgan fingerprint density at radius 2 is 2.44 bits per heavy atom. The van der Waals surface area contributed by atoms with E-state index in [-0.39, 0.29) is 5.56 Å². The molecule has 0 atom stereocenters. The fraction of sp³-hybridized carbons (Fsp3) is 0.300. The van der Waals surface area contributed by atoms with Crippen molar-refractivity contribution < 1.29 is 0 Å². The van der Waals surface area contributed by atoms with E-state index in [1.54, 1.807) is 32.0 Å². The first kappa shape index (κ1) is 10.4. The van der Waals surface area contributed by atoms with Crippen LogP contribution in [0.4, 0.5) is 5.82 Å². The Morgan fingerprint density at radius 1 is 1.56 bits per heavy atom. The van der Waals surface area contributed by atoms with Gasteiger partial charge in [-0.1, -0.05) is 0 Å². The Bertz CT molecular complexity index is 502. The molecule has 0 aromatic carbocycles. The molecule has 0 radical (unpaired) electrons. The van der Waals surface area contributed by atoms with Crippen molar-refractivity contribution >= 4 is 5.82 Å². The van der Waals surface area contributed by atoms with Gasteiger partial charge in [-0.25, -0.2) is 9.97 Å². The lowest BCUT2D eigenvalue weighted by Gasteiger charge is -2.04. The van der Waals surface area contributed by atoms with Gasteiger partial charge in [-0.2, -0.15) is 0 Å². The number of nitrogens with one attached hydrogen (secondary N) is 2. The fourth-order valence-corrected chi connectivity index (χ4v) is 1.36. The first-order chi connectivity index (χ1) is 7.77. The molecule has 0 amide bonds. The number of rotatable bonds is 4. The van der Waals surface area contributed by atoms with Crippen LogP contribution >= 0.6 is 0 Å². The molecule has 0 aliphatic rings. The van der Waals surface area contributed by atoms with Crippen molar-refractivity contribution in [3.8, 4) is 0 Å². The van der Waals surface area contributed by atoms with Crippen molar-refractivity contribution in [1.82, 2.24) is 19.5 Å². The number of H-pyrrole nitrogens is 1. The number of hydrogen-bond donors (Lipinski definition) is 2. The summed E-state index contributed by atoms with van der Waals surface area (Å²) >= 11 is 0. The fourth-order valence-electron chi connectivity index (χ4n) is 1.36. The van der Waals surface area contributed by atoms with E-state index >= 15 is 0 Å². The highest BCUT2D eigenvalue weighted by Crippen LogP contribution is 1.95. The molecular weight excluding hydrogens is 206 g/mol. The third-order valence-corrected chi connectivity index (χ3v) is 2.26. The number of hydrogen-bond acceptors (Lipinski definition) is 4. The summed E-state index contributed by atoms with van der Waals surface area (Å²) in [4.78, 5) is 22.5. The Kier molecular flexibility index (Phi) is 3.00. The number of aromatic amines is 1. The van der Waals surface area contributed by atoms with E-state index in [1.165, 1.54) is 4.57 Å². The third-order valence-electron chi connectivity index (χ3n) is 2.26. The highest BCUT2D eigenvalue weighted by molar-refractivity contribution is 5.30. The lowest BCUT2D eigenvalue weighted by atomic mass is 10.3. The normalized spacial score (nSPS) is 10.3. The van der Waals surface area contributed by atoms with Gasteiger partial charge in [-0.3, -0.25) is 4.79 Å². The maximum absolute atomic E-state index is 11.6. The van der Waals surface area contributed by atoms with Crippen LogP contribution in [0.3, 0.4) is 0 Å². The van der Waals surface area contributed by atoms with E-state index in [2.05, 4.69) is 20.3 Å². The Labute approximate surface area is 92.4 Å². The van der Waals surface area contributed by atoms with Gasteiger partial charge >= 0.3 is 0 Å². The average Bonchev–Trinajstić information content (AvgIpc) is 2.77. The minimum absolute atomic E-state index is 0.118. The number of imidazole rings is 1. The SMILES string of the molecule is Cn1ccnc(NCCc2cnc[nH]2)c1=O. The molecule has 6 nitrogen and oxygen atoms in total. The van der Waals surface area contributed by atoms with Gasteiger partial charge in [0.2, 0.25) is 0 Å². The van der Waals surface area contributed by atoms with Gasteiger partial charge in [0.1, 0.15) is 0 Å². The molecule has 2 N–H and O–H groups in total. The van der Waals surface area contributed by atoms with E-state index in [0.717, 1.165) is 12.1 Å². The molecule has 0 bridgehead atoms. The van der Waals surface area contributed by atoms with Gasteiger partial charge in [0.25, 0.3) is 5.56 Å². The van der Waals surface area contributed by atoms with Crippen LogP contribution in [-0.2, 0) is 13.5 Å². The molecule has 2 rings (SSSR count). The monoisotopic (exact) mass is 219 g/mol. The highest BCUT2D eigenvalue weighted by atomic mass is 16.1. The van der Waals surface area contributed by atoms with Crippen LogP contribution < -0.4 is 10.9 Å². The van der Waals surface area contributed by atoms with Gasteiger partial charge in [-0.05, 0) is 0 Å². The van der Waals surface area contributed by atoms with Gasteiger partial charge < -0.3 is 14.9 Å². The maximum Gasteiger partial charge on any atom is 0.293 e. The molecular formula is C10H13N5O. The lowest BCUT2D eigenvalue weighted by molar-refractivity contribution is 0.836. The number of anilines is 1. The van der Waals surface area contributed by atoms with Crippen molar-refractivity contribution in [2.75, 3.05) is 11.9 Å². The Hall–Kier alpha value is -2.11. The largest absolute Gasteiger partial charge is 0.365 e. The minimum atomic E-state index is -0.118. The zero-order chi connectivity index (χ0) is 11.4. The third kappa shape index (κ3) is 2.28. The molecule has 0 aliphatic heterocycles. The Balaban J connectivity index is 1.95. The van der Waals surface area contributed by atoms with Crippen LogP contribution in [-0.4, -0.2) is 26.1 Å². The number of aryl methyl sites for hydroxylation is 1. The summed E-state index contributed by atoms with van der Waals surface area (Å²) in [5.74, 6) is 0.379. The quantitative estimate of drug-likeness (QED) is 0.768. The molecule has 0 saturated heterocycles. The van der Waals surface area contributed by atoms with Gasteiger partial charge in [0.15, 0.2) is 5.82 Å². The summed E-state index contributed by atoms with van der Waals surface area (Å²) in [6, 6.07) is 0. The molecule has 0 fully saturated rings. The van der Waals surface area contributed by atoms with Crippen LogP contribution in [0.2, 0.25) is 0 Å². The molecule has 0 spiro atoms. The second-order valence-electron chi connectivity index (χ2n) is 3.45. The minimum Gasteiger partial charge on any atom is -0.365 e. The standard InChI is InChI=1S/C10H13N5O/c1-15-5-4-13-9(10(15)16)12-3-2-8-6-11-7-14-8/h4-7H,2-3H2,1H3,(H,11,14)(H,12,13).